The number of nitrogens with one attached hydrogen (secondary N) is 2. The van der Waals surface area contributed by atoms with Crippen molar-refractivity contribution in [2.75, 3.05) is 9.44 Å². The third-order valence-electron chi connectivity index (χ3n) is 3.97. The Balaban J connectivity index is 1.97. The monoisotopic (exact) mass is 556 g/mol. The molecule has 0 radical (unpaired) electrons. The van der Waals surface area contributed by atoms with Gasteiger partial charge in [-0.15, -0.1) is 0 Å². The molecule has 0 aliphatic heterocycles. The van der Waals surface area contributed by atoms with Crippen molar-refractivity contribution in [2.24, 2.45) is 0 Å². The van der Waals surface area contributed by atoms with E-state index in [2.05, 4.69) is 9.44 Å². The number of phenolic OH excluding ortho intramolecular Hbond substituents is 2. The molecule has 32 heavy (non-hydrogen) atoms. The van der Waals surface area contributed by atoms with E-state index < -0.39 is 41.3 Å². The number of hydrogen-bond donors (Lipinski definition) is 4. The molecule has 0 bridgehead atoms. The van der Waals surface area contributed by atoms with Crippen LogP contribution in [0, 0.1) is 0 Å². The Labute approximate surface area is 203 Å². The Morgan fingerprint density at radius 1 is 0.625 bits per heavy atom. The van der Waals surface area contributed by atoms with Crippen molar-refractivity contribution in [1.29, 1.82) is 0 Å². The van der Waals surface area contributed by atoms with Crippen LogP contribution in [0.3, 0.4) is 0 Å². The van der Waals surface area contributed by atoms with E-state index in [9.17, 15) is 27.0 Å². The van der Waals surface area contributed by atoms with E-state index in [1.807, 2.05) is 0 Å². The minimum atomic E-state index is -4.36. The largest absolute Gasteiger partial charge is 0.504 e. The fourth-order valence-electron chi connectivity index (χ4n) is 2.50. The van der Waals surface area contributed by atoms with Crippen LogP contribution in [-0.2, 0) is 20.0 Å². The van der Waals surface area contributed by atoms with Gasteiger partial charge in [-0.05, 0) is 42.5 Å². The Bertz CT molecular complexity index is 1320. The summed E-state index contributed by atoms with van der Waals surface area (Å²) < 4.78 is 55.2. The van der Waals surface area contributed by atoms with Gasteiger partial charge in [0, 0.05) is 10.0 Å². The van der Waals surface area contributed by atoms with Crippen LogP contribution in [0.2, 0.25) is 20.1 Å². The molecular formula is C18H12Cl4N2O6S2. The first-order chi connectivity index (χ1) is 14.8. The van der Waals surface area contributed by atoms with Gasteiger partial charge in [0.1, 0.15) is 0 Å². The van der Waals surface area contributed by atoms with E-state index in [1.54, 1.807) is 0 Å². The van der Waals surface area contributed by atoms with Crippen LogP contribution < -0.4 is 9.44 Å². The first kappa shape index (κ1) is 24.6. The average Bonchev–Trinajstić information content (AvgIpc) is 2.69. The summed E-state index contributed by atoms with van der Waals surface area (Å²) >= 11 is 23.3. The fraction of sp³-hybridized carbons (Fsp3) is 0. The second-order valence-electron chi connectivity index (χ2n) is 6.25. The second-order valence-corrected chi connectivity index (χ2v) is 11.3. The Morgan fingerprint density at radius 2 is 1.00 bits per heavy atom. The SMILES string of the molecule is O=S(=O)(Nc1cc(Cl)cc(Cl)c1O)c1cccc(S(=O)(=O)Nc2cc(Cl)cc(Cl)c2O)c1. The van der Waals surface area contributed by atoms with Crippen molar-refractivity contribution in [3.05, 3.63) is 68.6 Å². The molecule has 0 aromatic heterocycles. The Kier molecular flexibility index (Phi) is 6.94. The topological polar surface area (TPSA) is 133 Å². The maximum absolute atomic E-state index is 12.8. The molecule has 4 N–H and O–H groups in total. The lowest BCUT2D eigenvalue weighted by atomic mass is 10.3. The third kappa shape index (κ3) is 5.28. The van der Waals surface area contributed by atoms with Crippen molar-refractivity contribution in [3.63, 3.8) is 0 Å². The van der Waals surface area contributed by atoms with Crippen molar-refractivity contribution in [3.8, 4) is 11.5 Å². The van der Waals surface area contributed by atoms with Crippen molar-refractivity contribution in [1.82, 2.24) is 0 Å². The smallest absolute Gasteiger partial charge is 0.262 e. The van der Waals surface area contributed by atoms with Crippen LogP contribution in [0.1, 0.15) is 0 Å². The molecule has 3 aromatic carbocycles. The molecule has 3 aromatic rings. The predicted molar refractivity (Wildman–Crippen MR) is 124 cm³/mol. The summed E-state index contributed by atoms with van der Waals surface area (Å²) in [5.74, 6) is -1.11. The quantitative estimate of drug-likeness (QED) is 0.303. The van der Waals surface area contributed by atoms with Gasteiger partial charge in [-0.1, -0.05) is 52.5 Å². The zero-order valence-corrected chi connectivity index (χ0v) is 20.1. The number of sulfonamides is 2. The van der Waals surface area contributed by atoms with Crippen LogP contribution in [0.25, 0.3) is 0 Å². The number of anilines is 2. The maximum Gasteiger partial charge on any atom is 0.262 e. The normalized spacial score (nSPS) is 11.9. The van der Waals surface area contributed by atoms with E-state index in [4.69, 9.17) is 46.4 Å². The molecule has 3 rings (SSSR count). The molecule has 0 spiro atoms. The van der Waals surface area contributed by atoms with Gasteiger partial charge in [0.2, 0.25) is 0 Å². The first-order valence-electron chi connectivity index (χ1n) is 8.32. The van der Waals surface area contributed by atoms with Gasteiger partial charge in [0.15, 0.2) is 11.5 Å². The van der Waals surface area contributed by atoms with Crippen molar-refractivity contribution < 1.29 is 27.0 Å². The zero-order valence-electron chi connectivity index (χ0n) is 15.5. The van der Waals surface area contributed by atoms with Crippen LogP contribution in [0.4, 0.5) is 11.4 Å². The van der Waals surface area contributed by atoms with Crippen LogP contribution in [0.15, 0.2) is 58.3 Å². The summed E-state index contributed by atoms with van der Waals surface area (Å²) in [6.07, 6.45) is 0. The molecule has 0 unspecified atom stereocenters. The molecule has 170 valence electrons. The Morgan fingerprint density at radius 3 is 1.38 bits per heavy atom. The molecular weight excluding hydrogens is 546 g/mol. The Hall–Kier alpha value is -2.08. The van der Waals surface area contributed by atoms with Gasteiger partial charge in [-0.3, -0.25) is 9.44 Å². The maximum atomic E-state index is 12.8. The lowest BCUT2D eigenvalue weighted by Crippen LogP contribution is -2.16. The van der Waals surface area contributed by atoms with Gasteiger partial charge in [-0.2, -0.15) is 0 Å². The summed E-state index contributed by atoms with van der Waals surface area (Å²) in [5.41, 5.74) is -0.597. The number of halogens is 4. The molecule has 0 amide bonds. The van der Waals surface area contributed by atoms with Gasteiger partial charge in [0.05, 0.1) is 31.2 Å². The zero-order chi connectivity index (χ0) is 23.8. The standard InChI is InChI=1S/C18H12Cl4N2O6S2/c19-9-4-13(21)17(25)15(6-9)23-31(27,28)11-2-1-3-12(8-11)32(29,30)24-16-7-10(20)5-14(22)18(16)26/h1-8,23-26H. The van der Waals surface area contributed by atoms with Crippen LogP contribution >= 0.6 is 46.4 Å². The highest BCUT2D eigenvalue weighted by Gasteiger charge is 2.23. The highest BCUT2D eigenvalue weighted by atomic mass is 35.5. The third-order valence-corrected chi connectivity index (χ3v) is 7.71. The van der Waals surface area contributed by atoms with E-state index in [0.29, 0.717) is 0 Å². The number of phenols is 2. The van der Waals surface area contributed by atoms with Gasteiger partial charge in [0.25, 0.3) is 20.0 Å². The minimum absolute atomic E-state index is 0.0611. The number of aromatic hydroxyl groups is 2. The fourth-order valence-corrected chi connectivity index (χ4v) is 5.77. The van der Waals surface area contributed by atoms with Crippen LogP contribution in [-0.4, -0.2) is 27.0 Å². The summed E-state index contributed by atoms with van der Waals surface area (Å²) in [7, 11) is -8.72. The minimum Gasteiger partial charge on any atom is -0.504 e. The lowest BCUT2D eigenvalue weighted by Gasteiger charge is -2.13. The second kappa shape index (κ2) is 9.05. The van der Waals surface area contributed by atoms with E-state index in [-0.39, 0.29) is 31.5 Å². The number of benzene rings is 3. The molecule has 0 fully saturated rings. The van der Waals surface area contributed by atoms with Crippen molar-refractivity contribution >= 4 is 77.8 Å². The van der Waals surface area contributed by atoms with Gasteiger partial charge >= 0.3 is 0 Å². The molecule has 8 nitrogen and oxygen atoms in total. The molecule has 14 heteroatoms. The highest BCUT2D eigenvalue weighted by molar-refractivity contribution is 7.93. The molecule has 0 saturated carbocycles. The summed E-state index contributed by atoms with van der Waals surface area (Å²) in [6.45, 7) is 0. The summed E-state index contributed by atoms with van der Waals surface area (Å²) in [6, 6.07) is 9.04. The average molecular weight is 558 g/mol. The predicted octanol–water partition coefficient (Wildman–Crippen LogP) is 5.31. The summed E-state index contributed by atoms with van der Waals surface area (Å²) in [4.78, 5) is -0.881. The van der Waals surface area contributed by atoms with Gasteiger partial charge in [-0.25, -0.2) is 16.8 Å². The van der Waals surface area contributed by atoms with Crippen LogP contribution in [0.5, 0.6) is 11.5 Å². The number of rotatable bonds is 6. The first-order valence-corrected chi connectivity index (χ1v) is 12.8. The number of hydrogen-bond acceptors (Lipinski definition) is 6. The molecule has 0 saturated heterocycles. The molecule has 0 aliphatic carbocycles. The van der Waals surface area contributed by atoms with Crippen molar-refractivity contribution in [2.45, 2.75) is 9.79 Å². The molecule has 0 atom stereocenters. The van der Waals surface area contributed by atoms with E-state index in [0.717, 1.165) is 30.3 Å². The summed E-state index contributed by atoms with van der Waals surface area (Å²) in [5, 5.41) is 19.7. The van der Waals surface area contributed by atoms with E-state index >= 15 is 0 Å². The highest BCUT2D eigenvalue weighted by Crippen LogP contribution is 2.37. The molecule has 0 heterocycles. The lowest BCUT2D eigenvalue weighted by molar-refractivity contribution is 0.477. The molecule has 0 aliphatic rings. The van der Waals surface area contributed by atoms with E-state index in [1.165, 1.54) is 18.2 Å². The van der Waals surface area contributed by atoms with Gasteiger partial charge < -0.3 is 10.2 Å².